The minimum absolute atomic E-state index is 0.0769. The molecule has 1 aliphatic carbocycles. The molecular formula is C30H42N4O2S. The van der Waals surface area contributed by atoms with Gasteiger partial charge in [-0.1, -0.05) is 49.6 Å². The number of fused-ring (bicyclic) bond motifs is 2. The Bertz CT molecular complexity index is 1080. The van der Waals surface area contributed by atoms with Gasteiger partial charge in [0.2, 0.25) is 5.91 Å². The fourth-order valence-electron chi connectivity index (χ4n) is 7.96. The van der Waals surface area contributed by atoms with Crippen LogP contribution >= 0.6 is 11.3 Å². The molecule has 4 aliphatic rings. The van der Waals surface area contributed by atoms with Crippen LogP contribution in [-0.2, 0) is 16.8 Å². The second kappa shape index (κ2) is 10.8. The third kappa shape index (κ3) is 4.77. The number of piperidine rings is 1. The number of thiazole rings is 1. The van der Waals surface area contributed by atoms with E-state index < -0.39 is 0 Å². The summed E-state index contributed by atoms with van der Waals surface area (Å²) in [6.07, 6.45) is 8.59. The first-order chi connectivity index (χ1) is 18.1. The van der Waals surface area contributed by atoms with Crippen LogP contribution in [0.3, 0.4) is 0 Å². The van der Waals surface area contributed by atoms with Crippen LogP contribution in [0.5, 0.6) is 0 Å². The molecule has 3 aliphatic heterocycles. The molecule has 1 aromatic carbocycles. The lowest BCUT2D eigenvalue weighted by Gasteiger charge is -2.48. The minimum atomic E-state index is -0.251. The van der Waals surface area contributed by atoms with Crippen molar-refractivity contribution < 1.29 is 9.90 Å². The van der Waals surface area contributed by atoms with Crippen molar-refractivity contribution in [1.29, 1.82) is 0 Å². The Kier molecular flexibility index (Phi) is 7.41. The number of nitrogens with zero attached hydrogens (tertiary/aromatic N) is 3. The molecule has 2 saturated heterocycles. The van der Waals surface area contributed by atoms with E-state index in [1.165, 1.54) is 42.5 Å². The highest BCUT2D eigenvalue weighted by Crippen LogP contribution is 2.47. The van der Waals surface area contributed by atoms with Crippen LogP contribution < -0.4 is 5.32 Å². The summed E-state index contributed by atoms with van der Waals surface area (Å²) in [5.74, 6) is 1.44. The number of aromatic nitrogens is 1. The smallest absolute Gasteiger partial charge is 0.228 e. The van der Waals surface area contributed by atoms with Crippen LogP contribution in [0.4, 0.5) is 0 Å². The van der Waals surface area contributed by atoms with Crippen molar-refractivity contribution in [3.05, 3.63) is 51.5 Å². The summed E-state index contributed by atoms with van der Waals surface area (Å²) in [5, 5.41) is 14.4. The van der Waals surface area contributed by atoms with Gasteiger partial charge in [-0.15, -0.1) is 11.3 Å². The maximum Gasteiger partial charge on any atom is 0.228 e. The molecule has 1 saturated carbocycles. The monoisotopic (exact) mass is 522 g/mol. The third-order valence-corrected chi connectivity index (χ3v) is 10.9. The molecule has 2 aromatic rings. The standard InChI is InChI=1S/C30H42N4O2S/c1-21-32-26-18-33(14-15-35)20-30(28(26)37-21)19-31-17-25(30)29(36)34-13-12-24(22-8-4-2-5-9-22)16-27(34)23-10-6-3-7-11-23/h2,4-5,8-9,23-25,27,31,35H,3,6-7,10-20H2,1H3/t24-,25?,27+,30+/m1/s1. The number of likely N-dealkylation sites (tertiary alicyclic amines) is 1. The molecule has 1 aromatic heterocycles. The molecule has 0 bridgehead atoms. The molecule has 0 radical (unpaired) electrons. The normalized spacial score (nSPS) is 31.1. The van der Waals surface area contributed by atoms with E-state index >= 15 is 0 Å². The van der Waals surface area contributed by atoms with Gasteiger partial charge in [0, 0.05) is 55.6 Å². The fraction of sp³-hybridized carbons (Fsp3) is 0.667. The Hall–Kier alpha value is -1.80. The Morgan fingerprint density at radius 2 is 2.00 bits per heavy atom. The van der Waals surface area contributed by atoms with E-state index in [1.807, 2.05) is 0 Å². The first-order valence-electron chi connectivity index (χ1n) is 14.4. The topological polar surface area (TPSA) is 68.7 Å². The van der Waals surface area contributed by atoms with E-state index in [-0.39, 0.29) is 17.9 Å². The quantitative estimate of drug-likeness (QED) is 0.620. The van der Waals surface area contributed by atoms with Gasteiger partial charge in [0.25, 0.3) is 0 Å². The SMILES string of the molecule is Cc1nc2c(s1)[C@@]1(CNCC1C(=O)N1CC[C@@H](c3ccccc3)C[C@H]1C1CCCCC1)CN(CCO)C2. The molecule has 37 heavy (non-hydrogen) atoms. The van der Waals surface area contributed by atoms with Crippen molar-refractivity contribution in [2.45, 2.75) is 75.8 Å². The predicted molar refractivity (Wildman–Crippen MR) is 148 cm³/mol. The lowest BCUT2D eigenvalue weighted by molar-refractivity contribution is -0.143. The van der Waals surface area contributed by atoms with E-state index in [2.05, 4.69) is 52.4 Å². The van der Waals surface area contributed by atoms with Crippen molar-refractivity contribution >= 4 is 17.2 Å². The van der Waals surface area contributed by atoms with E-state index in [0.717, 1.165) is 56.3 Å². The highest BCUT2D eigenvalue weighted by Gasteiger charge is 2.55. The predicted octanol–water partition coefficient (Wildman–Crippen LogP) is 4.07. The number of benzene rings is 1. The van der Waals surface area contributed by atoms with Gasteiger partial charge in [-0.3, -0.25) is 9.69 Å². The zero-order valence-corrected chi connectivity index (χ0v) is 23.0. The van der Waals surface area contributed by atoms with Gasteiger partial charge >= 0.3 is 0 Å². The number of hydrogen-bond acceptors (Lipinski definition) is 6. The third-order valence-electron chi connectivity index (χ3n) is 9.70. The summed E-state index contributed by atoms with van der Waals surface area (Å²) in [6, 6.07) is 11.3. The summed E-state index contributed by atoms with van der Waals surface area (Å²) in [6.45, 7) is 6.85. The van der Waals surface area contributed by atoms with Crippen molar-refractivity contribution in [2.75, 3.05) is 39.3 Å². The van der Waals surface area contributed by atoms with Crippen LogP contribution in [0.25, 0.3) is 0 Å². The van der Waals surface area contributed by atoms with Crippen molar-refractivity contribution in [1.82, 2.24) is 20.1 Å². The van der Waals surface area contributed by atoms with Gasteiger partial charge in [-0.05, 0) is 50.0 Å². The van der Waals surface area contributed by atoms with Gasteiger partial charge < -0.3 is 15.3 Å². The summed E-state index contributed by atoms with van der Waals surface area (Å²) in [5.41, 5.74) is 2.31. The molecule has 200 valence electrons. The van der Waals surface area contributed by atoms with Crippen LogP contribution in [0.2, 0.25) is 0 Å². The first-order valence-corrected chi connectivity index (χ1v) is 15.3. The van der Waals surface area contributed by atoms with Gasteiger partial charge in [-0.2, -0.15) is 0 Å². The molecule has 1 spiro atoms. The number of rotatable bonds is 5. The number of nitrogens with one attached hydrogen (secondary N) is 1. The second-order valence-electron chi connectivity index (χ2n) is 11.9. The number of carbonyl (C=O) groups is 1. The van der Waals surface area contributed by atoms with Gasteiger partial charge in [0.15, 0.2) is 0 Å². The summed E-state index contributed by atoms with van der Waals surface area (Å²) >= 11 is 1.79. The number of aliphatic hydroxyl groups excluding tert-OH is 1. The molecular weight excluding hydrogens is 480 g/mol. The maximum absolute atomic E-state index is 14.7. The average Bonchev–Trinajstić information content (AvgIpc) is 3.52. The first kappa shape index (κ1) is 25.5. The van der Waals surface area contributed by atoms with E-state index in [0.29, 0.717) is 30.3 Å². The van der Waals surface area contributed by atoms with Crippen LogP contribution in [0.15, 0.2) is 30.3 Å². The van der Waals surface area contributed by atoms with Gasteiger partial charge in [0.05, 0.1) is 23.2 Å². The zero-order chi connectivity index (χ0) is 25.4. The molecule has 1 amide bonds. The second-order valence-corrected chi connectivity index (χ2v) is 13.1. The largest absolute Gasteiger partial charge is 0.395 e. The number of amides is 1. The lowest BCUT2D eigenvalue weighted by atomic mass is 9.71. The highest BCUT2D eigenvalue weighted by atomic mass is 32.1. The molecule has 6 nitrogen and oxygen atoms in total. The fourth-order valence-corrected chi connectivity index (χ4v) is 9.12. The molecule has 3 fully saturated rings. The Morgan fingerprint density at radius 3 is 2.78 bits per heavy atom. The summed E-state index contributed by atoms with van der Waals surface area (Å²) in [4.78, 5) is 25.5. The average molecular weight is 523 g/mol. The van der Waals surface area contributed by atoms with Crippen molar-refractivity contribution in [3.63, 3.8) is 0 Å². The molecule has 4 heterocycles. The van der Waals surface area contributed by atoms with E-state index in [4.69, 9.17) is 4.98 Å². The van der Waals surface area contributed by atoms with E-state index in [1.54, 1.807) is 11.3 Å². The minimum Gasteiger partial charge on any atom is -0.395 e. The maximum atomic E-state index is 14.7. The number of aryl methyl sites for hydroxylation is 1. The van der Waals surface area contributed by atoms with E-state index in [9.17, 15) is 9.90 Å². The van der Waals surface area contributed by atoms with Crippen LogP contribution in [0.1, 0.15) is 72.0 Å². The Morgan fingerprint density at radius 1 is 1.19 bits per heavy atom. The number of hydrogen-bond donors (Lipinski definition) is 2. The lowest BCUT2D eigenvalue weighted by Crippen LogP contribution is -2.58. The Labute approximate surface area is 225 Å². The molecule has 2 N–H and O–H groups in total. The van der Waals surface area contributed by atoms with Gasteiger partial charge in [0.1, 0.15) is 0 Å². The molecule has 4 atom stereocenters. The number of aliphatic hydroxyl groups is 1. The molecule has 1 unspecified atom stereocenters. The summed E-state index contributed by atoms with van der Waals surface area (Å²) < 4.78 is 0. The van der Waals surface area contributed by atoms with Crippen molar-refractivity contribution in [2.24, 2.45) is 11.8 Å². The summed E-state index contributed by atoms with van der Waals surface area (Å²) in [7, 11) is 0. The number of carbonyl (C=O) groups excluding carboxylic acids is 1. The van der Waals surface area contributed by atoms with Crippen molar-refractivity contribution in [3.8, 4) is 0 Å². The zero-order valence-electron chi connectivity index (χ0n) is 22.2. The van der Waals surface area contributed by atoms with Crippen LogP contribution in [0, 0.1) is 18.8 Å². The highest BCUT2D eigenvalue weighted by molar-refractivity contribution is 7.11. The van der Waals surface area contributed by atoms with Gasteiger partial charge in [-0.25, -0.2) is 4.98 Å². The molecule has 6 rings (SSSR count). The number of β-amino-alcohol motifs (C(OH)–C–C–N with tert-alkyl or cyclic N) is 1. The molecule has 7 heteroatoms. The van der Waals surface area contributed by atoms with Crippen LogP contribution in [-0.4, -0.2) is 71.2 Å². The Balaban J connectivity index is 1.31.